The maximum absolute atomic E-state index is 16.7. The van der Waals surface area contributed by atoms with Gasteiger partial charge in [0, 0.05) is 0 Å². The third kappa shape index (κ3) is 10.1. The van der Waals surface area contributed by atoms with Crippen molar-refractivity contribution in [1.82, 2.24) is 0 Å². The Kier molecular flexibility index (Phi) is 17.6. The molecular weight excluding hydrogens is 999 g/mol. The van der Waals surface area contributed by atoms with Crippen molar-refractivity contribution in [3.63, 3.8) is 0 Å². The van der Waals surface area contributed by atoms with Gasteiger partial charge >= 0.3 is 367 Å². The summed E-state index contributed by atoms with van der Waals surface area (Å²) in [6.07, 6.45) is 8.50. The van der Waals surface area contributed by atoms with E-state index in [1.54, 1.807) is 39.3 Å². The van der Waals surface area contributed by atoms with E-state index in [1.807, 2.05) is 13.8 Å². The van der Waals surface area contributed by atoms with Gasteiger partial charge in [-0.2, -0.15) is 0 Å². The van der Waals surface area contributed by atoms with Gasteiger partial charge in [0.25, 0.3) is 0 Å². The Morgan fingerprint density at radius 3 is 0.921 bits per heavy atom. The minimum absolute atomic E-state index is 0.133. The first-order valence-corrected chi connectivity index (χ1v) is 35.2. The fraction of sp³-hybridized carbons (Fsp3) is 0.500. The molecule has 0 fully saturated rings. The molecule has 0 spiro atoms. The van der Waals surface area contributed by atoms with Crippen LogP contribution in [0.15, 0.2) is 11.9 Å². The summed E-state index contributed by atoms with van der Waals surface area (Å²) in [5.41, 5.74) is -7.81. The average Bonchev–Trinajstić information content (AvgIpc) is 3.52. The van der Waals surface area contributed by atoms with Crippen LogP contribution in [-0.2, 0) is 0 Å². The monoisotopic (exact) mass is 1050 g/mol. The first kappa shape index (κ1) is 53.0. The van der Waals surface area contributed by atoms with Crippen molar-refractivity contribution in [2.45, 2.75) is 139 Å². The van der Waals surface area contributed by atoms with E-state index >= 15 is 52.7 Å². The zero-order valence-electron chi connectivity index (χ0n) is 36.6. The SMILES string of the molecule is CCCCCCC[CH2][Sn]1([CH2]CCCCCCC)[C]([Si](C)(C)C)=C(B(c2c(F)c(F)c(F)c(F)c2F)c2c(F)c(F)c(F)c(F)c2F)C(c2c(F)c(F)c(F)c(F)c2F)=[C]1[Si](C)(C)C. The summed E-state index contributed by atoms with van der Waals surface area (Å²) in [6.45, 7) is 10.6. The van der Waals surface area contributed by atoms with Gasteiger partial charge in [-0.05, 0) is 0 Å². The standard InChI is InChI=1S/C28H18BF15Si2.2C8H17.Sn/c1-45(2,3)7-9(11-14(30)20(36)26(42)21(37)15(11)31)10(8-46(4,5)6)29(12-16(32)22(38)27(43)23(39)17(12)33)13-18(34)24(40)28(44)25(41)19(13)35;2*1-3-5-7-8-6-4-2;/h1-6H3;2*1,3-8H2,2H3;. The van der Waals surface area contributed by atoms with Crippen molar-refractivity contribution >= 4 is 57.7 Å². The van der Waals surface area contributed by atoms with Crippen molar-refractivity contribution in [3.8, 4) is 0 Å². The third-order valence-electron chi connectivity index (χ3n) is 12.0. The van der Waals surface area contributed by atoms with Gasteiger partial charge in [-0.25, -0.2) is 0 Å². The van der Waals surface area contributed by atoms with Crippen LogP contribution < -0.4 is 10.9 Å². The summed E-state index contributed by atoms with van der Waals surface area (Å²) in [4.78, 5) is 0. The van der Waals surface area contributed by atoms with Crippen LogP contribution in [-0.4, -0.2) is 41.2 Å². The molecule has 0 saturated heterocycles. The molecule has 0 N–H and O–H groups in total. The summed E-state index contributed by atoms with van der Waals surface area (Å²) in [5, 5.41) is 0. The molecule has 0 amide bonds. The van der Waals surface area contributed by atoms with E-state index in [9.17, 15) is 13.2 Å². The Labute approximate surface area is 365 Å². The Morgan fingerprint density at radius 1 is 0.349 bits per heavy atom. The number of benzene rings is 3. The van der Waals surface area contributed by atoms with E-state index in [0.29, 0.717) is 38.5 Å². The summed E-state index contributed by atoms with van der Waals surface area (Å²) in [7, 11) is -6.89. The molecule has 0 aliphatic carbocycles. The zero-order chi connectivity index (χ0) is 47.7. The zero-order valence-corrected chi connectivity index (χ0v) is 41.5. The molecule has 1 aliphatic rings. The Hall–Kier alpha value is -2.61. The van der Waals surface area contributed by atoms with Gasteiger partial charge in [0.2, 0.25) is 0 Å². The molecule has 0 aromatic heterocycles. The van der Waals surface area contributed by atoms with E-state index in [2.05, 4.69) is 0 Å². The van der Waals surface area contributed by atoms with E-state index in [0.717, 1.165) is 38.5 Å². The van der Waals surface area contributed by atoms with Crippen LogP contribution >= 0.6 is 0 Å². The fourth-order valence-corrected chi connectivity index (χ4v) is 58.6. The number of halogens is 15. The first-order valence-electron chi connectivity index (χ1n) is 21.3. The summed E-state index contributed by atoms with van der Waals surface area (Å²) in [5.74, 6) is -39.9. The van der Waals surface area contributed by atoms with Crippen LogP contribution in [0.1, 0.15) is 96.5 Å². The number of hydrogen-bond donors (Lipinski definition) is 0. The van der Waals surface area contributed by atoms with Crippen LogP contribution in [0, 0.1) is 87.3 Å². The van der Waals surface area contributed by atoms with E-state index < -0.39 is 156 Å². The number of rotatable bonds is 20. The summed E-state index contributed by atoms with van der Waals surface area (Å²) >= 11 is -5.19. The molecule has 4 rings (SSSR count). The van der Waals surface area contributed by atoms with Gasteiger partial charge in [-0.15, -0.1) is 0 Å². The quantitative estimate of drug-likeness (QED) is 0.0348. The van der Waals surface area contributed by atoms with Crippen LogP contribution in [0.25, 0.3) is 5.57 Å². The molecule has 0 nitrogen and oxygen atoms in total. The van der Waals surface area contributed by atoms with E-state index in [4.69, 9.17) is 0 Å². The van der Waals surface area contributed by atoms with Gasteiger partial charge in [0.05, 0.1) is 0 Å². The second kappa shape index (κ2) is 20.9. The van der Waals surface area contributed by atoms with E-state index in [-0.39, 0.29) is 15.3 Å². The maximum atomic E-state index is 16.7. The van der Waals surface area contributed by atoms with Crippen molar-refractivity contribution < 1.29 is 65.9 Å². The molecule has 1 heterocycles. The normalized spacial score (nSPS) is 14.5. The van der Waals surface area contributed by atoms with Gasteiger partial charge in [-0.3, -0.25) is 0 Å². The predicted octanol–water partition coefficient (Wildman–Crippen LogP) is 14.7. The molecule has 0 atom stereocenters. The Bertz CT molecular complexity index is 2110. The molecule has 348 valence electrons. The number of hydrogen-bond acceptors (Lipinski definition) is 0. The fourth-order valence-electron chi connectivity index (χ4n) is 9.69. The van der Waals surface area contributed by atoms with Crippen LogP contribution in [0.5, 0.6) is 0 Å². The molecule has 3 aromatic rings. The molecule has 0 radical (unpaired) electrons. The topological polar surface area (TPSA) is 0 Å². The van der Waals surface area contributed by atoms with Crippen molar-refractivity contribution in [2.75, 3.05) is 0 Å². The minimum atomic E-state index is -5.19. The number of unbranched alkanes of at least 4 members (excludes halogenated alkanes) is 10. The van der Waals surface area contributed by atoms with E-state index in [1.165, 1.54) is 0 Å². The molecule has 0 saturated carbocycles. The Morgan fingerprint density at radius 2 is 0.619 bits per heavy atom. The Balaban J connectivity index is 2.48. The predicted molar refractivity (Wildman–Crippen MR) is 226 cm³/mol. The molecular formula is C44H52BF15Si2Sn. The second-order valence-corrected chi connectivity index (χ2v) is 43.2. The van der Waals surface area contributed by atoms with Crippen molar-refractivity contribution in [1.29, 1.82) is 0 Å². The van der Waals surface area contributed by atoms with Gasteiger partial charge in [0.1, 0.15) is 0 Å². The van der Waals surface area contributed by atoms with Crippen molar-refractivity contribution in [2.24, 2.45) is 0 Å². The van der Waals surface area contributed by atoms with Gasteiger partial charge in [-0.1, -0.05) is 0 Å². The van der Waals surface area contributed by atoms with Crippen LogP contribution in [0.4, 0.5) is 65.9 Å². The number of allylic oxidation sites excluding steroid dienone is 2. The van der Waals surface area contributed by atoms with Crippen molar-refractivity contribution in [3.05, 3.63) is 105 Å². The summed E-state index contributed by atoms with van der Waals surface area (Å²) < 4.78 is 237. The van der Waals surface area contributed by atoms with Crippen LogP contribution in [0.3, 0.4) is 0 Å². The molecule has 3 aromatic carbocycles. The molecule has 63 heavy (non-hydrogen) atoms. The van der Waals surface area contributed by atoms with Gasteiger partial charge in [0.15, 0.2) is 0 Å². The molecule has 0 bridgehead atoms. The van der Waals surface area contributed by atoms with Crippen LogP contribution in [0.2, 0.25) is 48.2 Å². The third-order valence-corrected chi connectivity index (χ3v) is 48.6. The summed E-state index contributed by atoms with van der Waals surface area (Å²) in [6, 6.07) is 0. The first-order chi connectivity index (χ1) is 29.3. The average molecular weight is 1050 g/mol. The van der Waals surface area contributed by atoms with Gasteiger partial charge < -0.3 is 0 Å². The molecule has 19 heteroatoms. The second-order valence-electron chi connectivity index (χ2n) is 18.5. The molecule has 1 aliphatic heterocycles. The molecule has 0 unspecified atom stereocenters.